The lowest BCUT2D eigenvalue weighted by molar-refractivity contribution is -0.133. The van der Waals surface area contributed by atoms with E-state index < -0.39 is 0 Å². The molecule has 7 heteroatoms. The molecule has 2 aliphatic rings. The zero-order valence-electron chi connectivity index (χ0n) is 18.1. The van der Waals surface area contributed by atoms with Crippen LogP contribution in [0, 0.1) is 0 Å². The summed E-state index contributed by atoms with van der Waals surface area (Å²) in [6.45, 7) is 12.0. The fourth-order valence-electron chi connectivity index (χ4n) is 3.76. The first-order chi connectivity index (χ1) is 14.4. The Morgan fingerprint density at radius 1 is 1.10 bits per heavy atom. The van der Waals surface area contributed by atoms with Crippen molar-refractivity contribution in [1.29, 1.82) is 0 Å². The van der Waals surface area contributed by atoms with Crippen LogP contribution in [0.3, 0.4) is 0 Å². The summed E-state index contributed by atoms with van der Waals surface area (Å²) in [5, 5.41) is 3.36. The fraction of sp³-hybridized carbons (Fsp3) is 0.565. The average Bonchev–Trinajstić information content (AvgIpc) is 3.21. The number of nitrogens with zero attached hydrogens (tertiary/aromatic N) is 3. The molecule has 1 fully saturated rings. The number of carbonyl (C=O) groups excluding carboxylic acids is 1. The van der Waals surface area contributed by atoms with E-state index in [1.54, 1.807) is 11.3 Å². The van der Waals surface area contributed by atoms with Gasteiger partial charge >= 0.3 is 0 Å². The molecule has 0 N–H and O–H groups in total. The number of aryl methyl sites for hydroxylation is 1. The maximum Gasteiger partial charge on any atom is 0.222 e. The van der Waals surface area contributed by atoms with Gasteiger partial charge in [-0.15, -0.1) is 11.3 Å². The third-order valence-electron chi connectivity index (χ3n) is 5.54. The minimum atomic E-state index is 0.102. The Morgan fingerprint density at radius 3 is 2.53 bits per heavy atom. The third kappa shape index (κ3) is 5.13. The van der Waals surface area contributed by atoms with E-state index in [4.69, 9.17) is 14.5 Å². The van der Waals surface area contributed by atoms with E-state index in [2.05, 4.69) is 31.1 Å². The number of amides is 1. The number of piperazine rings is 1. The lowest BCUT2D eigenvalue weighted by Gasteiger charge is -2.34. The largest absolute Gasteiger partial charge is 0.486 e. The molecule has 1 saturated heterocycles. The minimum absolute atomic E-state index is 0.102. The molecule has 3 heterocycles. The fourth-order valence-corrected chi connectivity index (χ4v) is 4.66. The van der Waals surface area contributed by atoms with Crippen LogP contribution >= 0.6 is 11.3 Å². The molecule has 0 radical (unpaired) electrons. The van der Waals surface area contributed by atoms with Crippen LogP contribution in [0.25, 0.3) is 0 Å². The van der Waals surface area contributed by atoms with Crippen molar-refractivity contribution in [2.24, 2.45) is 0 Å². The van der Waals surface area contributed by atoms with Crippen LogP contribution in [0.15, 0.2) is 23.6 Å². The third-order valence-corrected chi connectivity index (χ3v) is 6.85. The summed E-state index contributed by atoms with van der Waals surface area (Å²) in [6.07, 6.45) is 1.25. The lowest BCUT2D eigenvalue weighted by atomic mass is 9.98. The summed E-state index contributed by atoms with van der Waals surface area (Å²) in [7, 11) is 0. The monoisotopic (exact) mass is 429 g/mol. The van der Waals surface area contributed by atoms with Gasteiger partial charge in [0.1, 0.15) is 13.2 Å². The predicted octanol–water partition coefficient (Wildman–Crippen LogP) is 3.49. The molecule has 0 atom stereocenters. The molecule has 1 aromatic carbocycles. The second-order valence-corrected chi connectivity index (χ2v) is 9.89. The van der Waals surface area contributed by atoms with E-state index >= 15 is 0 Å². The normalized spacial score (nSPS) is 17.2. The van der Waals surface area contributed by atoms with Crippen LogP contribution in [-0.4, -0.2) is 60.1 Å². The summed E-state index contributed by atoms with van der Waals surface area (Å²) in [6, 6.07) is 5.97. The van der Waals surface area contributed by atoms with Gasteiger partial charge in [-0.2, -0.15) is 0 Å². The van der Waals surface area contributed by atoms with Crippen LogP contribution in [0.2, 0.25) is 0 Å². The van der Waals surface area contributed by atoms with E-state index in [9.17, 15) is 4.79 Å². The molecule has 0 aliphatic carbocycles. The van der Waals surface area contributed by atoms with Crippen LogP contribution in [-0.2, 0) is 23.2 Å². The Kier molecular flexibility index (Phi) is 6.29. The number of thiazole rings is 1. The van der Waals surface area contributed by atoms with Gasteiger partial charge < -0.3 is 14.4 Å². The number of rotatable bonds is 5. The van der Waals surface area contributed by atoms with Gasteiger partial charge in [-0.1, -0.05) is 26.8 Å². The summed E-state index contributed by atoms with van der Waals surface area (Å²) >= 11 is 1.74. The van der Waals surface area contributed by atoms with E-state index in [1.165, 1.54) is 5.01 Å². The van der Waals surface area contributed by atoms with Crippen molar-refractivity contribution in [2.45, 2.75) is 45.6 Å². The van der Waals surface area contributed by atoms with Crippen LogP contribution in [0.5, 0.6) is 11.5 Å². The summed E-state index contributed by atoms with van der Waals surface area (Å²) in [5.74, 6) is 1.81. The number of carbonyl (C=O) groups is 1. The van der Waals surface area contributed by atoms with Crippen LogP contribution in [0.1, 0.15) is 43.5 Å². The number of ether oxygens (including phenoxy) is 2. The number of benzene rings is 1. The number of hydrogen-bond donors (Lipinski definition) is 0. The Morgan fingerprint density at radius 2 is 1.83 bits per heavy atom. The molecule has 2 aliphatic heterocycles. The van der Waals surface area contributed by atoms with Crippen molar-refractivity contribution >= 4 is 17.2 Å². The maximum absolute atomic E-state index is 12.7. The first kappa shape index (κ1) is 21.1. The Bertz CT molecular complexity index is 882. The molecule has 0 saturated carbocycles. The topological polar surface area (TPSA) is 54.9 Å². The molecule has 30 heavy (non-hydrogen) atoms. The zero-order valence-corrected chi connectivity index (χ0v) is 19.0. The van der Waals surface area contributed by atoms with Gasteiger partial charge in [-0.05, 0) is 24.1 Å². The Labute approximate surface area is 182 Å². The Balaban J connectivity index is 1.23. The molecule has 4 rings (SSSR count). The molecule has 0 spiro atoms. The second-order valence-electron chi connectivity index (χ2n) is 9.03. The highest BCUT2D eigenvalue weighted by molar-refractivity contribution is 7.09. The smallest absolute Gasteiger partial charge is 0.222 e. The highest BCUT2D eigenvalue weighted by atomic mass is 32.1. The number of fused-ring (bicyclic) bond motifs is 1. The summed E-state index contributed by atoms with van der Waals surface area (Å²) in [4.78, 5) is 21.9. The maximum atomic E-state index is 12.7. The van der Waals surface area contributed by atoms with Crippen molar-refractivity contribution in [1.82, 2.24) is 14.8 Å². The molecule has 1 amide bonds. The van der Waals surface area contributed by atoms with Gasteiger partial charge in [0.05, 0.1) is 10.7 Å². The summed E-state index contributed by atoms with van der Waals surface area (Å²) < 4.78 is 11.2. The van der Waals surface area contributed by atoms with Crippen molar-refractivity contribution in [3.63, 3.8) is 0 Å². The molecular weight excluding hydrogens is 398 g/mol. The summed E-state index contributed by atoms with van der Waals surface area (Å²) in [5.41, 5.74) is 2.36. The quantitative estimate of drug-likeness (QED) is 0.728. The van der Waals surface area contributed by atoms with Gasteiger partial charge in [0.25, 0.3) is 0 Å². The van der Waals surface area contributed by atoms with Crippen molar-refractivity contribution in [2.75, 3.05) is 39.4 Å². The Hall–Kier alpha value is -2.12. The average molecular weight is 430 g/mol. The first-order valence-corrected chi connectivity index (χ1v) is 11.6. The number of hydrogen-bond acceptors (Lipinski definition) is 6. The van der Waals surface area contributed by atoms with Crippen LogP contribution in [0.4, 0.5) is 0 Å². The second kappa shape index (κ2) is 8.94. The van der Waals surface area contributed by atoms with Crippen LogP contribution < -0.4 is 9.47 Å². The van der Waals surface area contributed by atoms with E-state index in [0.717, 1.165) is 61.9 Å². The highest BCUT2D eigenvalue weighted by Gasteiger charge is 2.23. The molecule has 0 unspecified atom stereocenters. The standard InChI is InChI=1S/C23H31N3O3S/c1-23(2,3)22-24-18(16-30-22)15-25-8-10-26(11-9-25)21(27)7-5-17-4-6-19-20(14-17)29-13-12-28-19/h4,6,14,16H,5,7-13,15H2,1-3H3. The number of aromatic nitrogens is 1. The van der Waals surface area contributed by atoms with Gasteiger partial charge in [0.2, 0.25) is 5.91 Å². The molecule has 2 aromatic rings. The zero-order chi connectivity index (χ0) is 21.1. The van der Waals surface area contributed by atoms with Gasteiger partial charge in [-0.25, -0.2) is 4.98 Å². The molecule has 0 bridgehead atoms. The highest BCUT2D eigenvalue weighted by Crippen LogP contribution is 2.31. The molecular formula is C23H31N3O3S. The van der Waals surface area contributed by atoms with Crippen molar-refractivity contribution < 1.29 is 14.3 Å². The van der Waals surface area contributed by atoms with Crippen molar-refractivity contribution in [3.05, 3.63) is 39.8 Å². The minimum Gasteiger partial charge on any atom is -0.486 e. The van der Waals surface area contributed by atoms with E-state index in [-0.39, 0.29) is 11.3 Å². The van der Waals surface area contributed by atoms with Crippen molar-refractivity contribution in [3.8, 4) is 11.5 Å². The van der Waals surface area contributed by atoms with E-state index in [0.29, 0.717) is 19.6 Å². The molecule has 1 aromatic heterocycles. The first-order valence-electron chi connectivity index (χ1n) is 10.7. The lowest BCUT2D eigenvalue weighted by Crippen LogP contribution is -2.48. The molecule has 162 valence electrons. The van der Waals surface area contributed by atoms with Gasteiger partial charge in [0.15, 0.2) is 11.5 Å². The predicted molar refractivity (Wildman–Crippen MR) is 118 cm³/mol. The van der Waals surface area contributed by atoms with E-state index in [1.807, 2.05) is 23.1 Å². The van der Waals surface area contributed by atoms with Gasteiger partial charge in [0, 0.05) is 49.9 Å². The SMILES string of the molecule is CC(C)(C)c1nc(CN2CCN(C(=O)CCc3ccc4c(c3)OCCO4)CC2)cs1. The van der Waals surface area contributed by atoms with Gasteiger partial charge in [-0.3, -0.25) is 9.69 Å². The molecule has 6 nitrogen and oxygen atoms in total.